The lowest BCUT2D eigenvalue weighted by atomic mass is 10.1. The molecule has 4 heterocycles. The first-order valence-corrected chi connectivity index (χ1v) is 7.16. The fourth-order valence-electron chi connectivity index (χ4n) is 2.16. The topological polar surface area (TPSA) is 97.8 Å². The zero-order valence-electron chi connectivity index (χ0n) is 11.4. The number of rotatable bonds is 3. The molecule has 0 fully saturated rings. The van der Waals surface area contributed by atoms with E-state index in [2.05, 4.69) is 30.7 Å². The molecule has 9 heteroatoms. The summed E-state index contributed by atoms with van der Waals surface area (Å²) in [6.07, 6.45) is 2.29. The minimum absolute atomic E-state index is 0.592. The fourth-order valence-corrected chi connectivity index (χ4v) is 3.00. The van der Waals surface area contributed by atoms with E-state index in [1.54, 1.807) is 10.7 Å². The van der Waals surface area contributed by atoms with E-state index in [0.717, 1.165) is 38.5 Å². The average molecular weight is 301 g/mol. The minimum atomic E-state index is 0.592. The number of fused-ring (bicyclic) bond motifs is 1. The van der Waals surface area contributed by atoms with E-state index in [1.807, 2.05) is 19.9 Å². The molecule has 1 N–H and O–H groups in total. The van der Waals surface area contributed by atoms with Gasteiger partial charge in [-0.05, 0) is 19.9 Å². The van der Waals surface area contributed by atoms with Crippen molar-refractivity contribution in [1.29, 1.82) is 0 Å². The fraction of sp³-hybridized carbons (Fsp3) is 0.250. The van der Waals surface area contributed by atoms with E-state index in [1.165, 1.54) is 11.3 Å². The van der Waals surface area contributed by atoms with Crippen LogP contribution in [0.25, 0.3) is 15.7 Å². The summed E-state index contributed by atoms with van der Waals surface area (Å²) in [4.78, 5) is 0.751. The Hall–Kier alpha value is -2.55. The van der Waals surface area contributed by atoms with Gasteiger partial charge in [-0.15, -0.1) is 10.2 Å². The molecule has 0 aliphatic heterocycles. The van der Waals surface area contributed by atoms with Crippen LogP contribution in [-0.2, 0) is 6.42 Å². The highest BCUT2D eigenvalue weighted by Crippen LogP contribution is 2.24. The van der Waals surface area contributed by atoms with Gasteiger partial charge >= 0.3 is 0 Å². The first kappa shape index (κ1) is 12.2. The maximum atomic E-state index is 5.18. The zero-order valence-corrected chi connectivity index (χ0v) is 12.2. The van der Waals surface area contributed by atoms with Gasteiger partial charge in [0.15, 0.2) is 10.8 Å². The standard InChI is InChI=1S/C12H11N7OS/c1-6-8(7(2)20-18-6)5-10-15-16-12-19(10)17-11(21-12)9-3-4-13-14-9/h3-4H,5H2,1-2H3,(H,13,14). The van der Waals surface area contributed by atoms with Crippen LogP contribution in [0.15, 0.2) is 16.8 Å². The Labute approximate surface area is 122 Å². The maximum Gasteiger partial charge on any atom is 0.235 e. The Kier molecular flexibility index (Phi) is 2.61. The van der Waals surface area contributed by atoms with E-state index in [0.29, 0.717) is 6.42 Å². The summed E-state index contributed by atoms with van der Waals surface area (Å²) in [7, 11) is 0. The zero-order chi connectivity index (χ0) is 14.4. The van der Waals surface area contributed by atoms with E-state index in [9.17, 15) is 0 Å². The van der Waals surface area contributed by atoms with Crippen LogP contribution in [0.1, 0.15) is 22.8 Å². The van der Waals surface area contributed by atoms with E-state index < -0.39 is 0 Å². The molecule has 0 spiro atoms. The first-order valence-electron chi connectivity index (χ1n) is 6.35. The molecule has 8 nitrogen and oxygen atoms in total. The second-order valence-corrected chi connectivity index (χ2v) is 5.62. The van der Waals surface area contributed by atoms with Crippen LogP contribution in [0.2, 0.25) is 0 Å². The van der Waals surface area contributed by atoms with Gasteiger partial charge in [0, 0.05) is 18.2 Å². The van der Waals surface area contributed by atoms with Crippen molar-refractivity contribution in [2.75, 3.05) is 0 Å². The van der Waals surface area contributed by atoms with Gasteiger partial charge in [-0.25, -0.2) is 0 Å². The molecule has 0 radical (unpaired) electrons. The van der Waals surface area contributed by atoms with Crippen LogP contribution >= 0.6 is 11.3 Å². The lowest BCUT2D eigenvalue weighted by Gasteiger charge is -1.96. The molecule has 4 aromatic rings. The first-order chi connectivity index (χ1) is 10.2. The van der Waals surface area contributed by atoms with Crippen LogP contribution in [0.4, 0.5) is 0 Å². The highest BCUT2D eigenvalue weighted by Gasteiger charge is 2.17. The molecule has 4 rings (SSSR count). The lowest BCUT2D eigenvalue weighted by molar-refractivity contribution is 0.392. The van der Waals surface area contributed by atoms with Gasteiger partial charge in [0.05, 0.1) is 11.4 Å². The molecule has 0 atom stereocenters. The van der Waals surface area contributed by atoms with Crippen molar-refractivity contribution >= 4 is 16.3 Å². The van der Waals surface area contributed by atoms with Crippen LogP contribution < -0.4 is 0 Å². The maximum absolute atomic E-state index is 5.18. The monoisotopic (exact) mass is 301 g/mol. The second-order valence-electron chi connectivity index (χ2n) is 4.67. The highest BCUT2D eigenvalue weighted by molar-refractivity contribution is 7.19. The van der Waals surface area contributed by atoms with Gasteiger partial charge in [-0.1, -0.05) is 16.5 Å². The Morgan fingerprint density at radius 2 is 2.24 bits per heavy atom. The molecule has 0 bridgehead atoms. The summed E-state index contributed by atoms with van der Waals surface area (Å²) in [6, 6.07) is 1.87. The smallest absolute Gasteiger partial charge is 0.235 e. The van der Waals surface area contributed by atoms with Crippen molar-refractivity contribution in [3.8, 4) is 10.7 Å². The molecule has 0 aromatic carbocycles. The number of aryl methyl sites for hydroxylation is 2. The van der Waals surface area contributed by atoms with Gasteiger partial charge in [0.1, 0.15) is 5.76 Å². The number of hydrogen-bond acceptors (Lipinski definition) is 7. The predicted molar refractivity (Wildman–Crippen MR) is 75.0 cm³/mol. The van der Waals surface area contributed by atoms with Gasteiger partial charge < -0.3 is 4.52 Å². The van der Waals surface area contributed by atoms with Crippen molar-refractivity contribution in [3.05, 3.63) is 35.1 Å². The molecule has 4 aromatic heterocycles. The quantitative estimate of drug-likeness (QED) is 0.619. The van der Waals surface area contributed by atoms with Gasteiger partial charge in [0.25, 0.3) is 0 Å². The predicted octanol–water partition coefficient (Wildman–Crippen LogP) is 1.77. The average Bonchev–Trinajstić information content (AvgIpc) is 3.19. The summed E-state index contributed by atoms with van der Waals surface area (Å²) in [6.45, 7) is 3.81. The number of aromatic nitrogens is 7. The van der Waals surface area contributed by atoms with E-state index in [-0.39, 0.29) is 0 Å². The number of aromatic amines is 1. The van der Waals surface area contributed by atoms with Crippen molar-refractivity contribution < 1.29 is 4.52 Å². The summed E-state index contributed by atoms with van der Waals surface area (Å²) in [5.74, 6) is 1.56. The largest absolute Gasteiger partial charge is 0.361 e. The number of nitrogens with zero attached hydrogens (tertiary/aromatic N) is 6. The summed E-state index contributed by atoms with van der Waals surface area (Å²) in [5, 5.41) is 24.5. The Balaban J connectivity index is 1.76. The molecular weight excluding hydrogens is 290 g/mol. The molecular formula is C12H11N7OS. The summed E-state index contributed by atoms with van der Waals surface area (Å²) >= 11 is 1.46. The van der Waals surface area contributed by atoms with Crippen molar-refractivity contribution in [2.24, 2.45) is 0 Å². The van der Waals surface area contributed by atoms with Gasteiger partial charge in [-0.2, -0.15) is 14.7 Å². The number of H-pyrrole nitrogens is 1. The second kappa shape index (κ2) is 4.48. The van der Waals surface area contributed by atoms with Crippen LogP contribution in [0, 0.1) is 13.8 Å². The van der Waals surface area contributed by atoms with Crippen molar-refractivity contribution in [1.82, 2.24) is 35.2 Å². The minimum Gasteiger partial charge on any atom is -0.361 e. The molecule has 0 unspecified atom stereocenters. The number of nitrogens with one attached hydrogen (secondary N) is 1. The molecule has 0 saturated carbocycles. The van der Waals surface area contributed by atoms with Gasteiger partial charge in [0.2, 0.25) is 4.96 Å². The van der Waals surface area contributed by atoms with Crippen LogP contribution in [0.5, 0.6) is 0 Å². The molecule has 0 aliphatic carbocycles. The molecule has 0 aliphatic rings. The van der Waals surface area contributed by atoms with Crippen molar-refractivity contribution in [2.45, 2.75) is 20.3 Å². The van der Waals surface area contributed by atoms with Crippen LogP contribution in [-0.4, -0.2) is 35.2 Å². The highest BCUT2D eigenvalue weighted by atomic mass is 32.1. The van der Waals surface area contributed by atoms with E-state index in [4.69, 9.17) is 4.52 Å². The Morgan fingerprint density at radius 1 is 1.33 bits per heavy atom. The molecule has 106 valence electrons. The van der Waals surface area contributed by atoms with Crippen LogP contribution in [0.3, 0.4) is 0 Å². The van der Waals surface area contributed by atoms with Gasteiger partial charge in [-0.3, -0.25) is 5.10 Å². The number of hydrogen-bond donors (Lipinski definition) is 1. The third kappa shape index (κ3) is 1.93. The third-order valence-corrected chi connectivity index (χ3v) is 4.23. The lowest BCUT2D eigenvalue weighted by Crippen LogP contribution is -1.99. The summed E-state index contributed by atoms with van der Waals surface area (Å²) < 4.78 is 6.94. The normalized spacial score (nSPS) is 11.5. The SMILES string of the molecule is Cc1noc(C)c1Cc1nnc2sc(-c3ccn[nH]3)nn12. The van der Waals surface area contributed by atoms with Crippen molar-refractivity contribution in [3.63, 3.8) is 0 Å². The summed E-state index contributed by atoms with van der Waals surface area (Å²) in [5.41, 5.74) is 2.77. The molecule has 0 saturated heterocycles. The van der Waals surface area contributed by atoms with E-state index >= 15 is 0 Å². The molecule has 0 amide bonds. The molecule has 21 heavy (non-hydrogen) atoms. The third-order valence-electron chi connectivity index (χ3n) is 3.30. The Bertz CT molecular complexity index is 882. The Morgan fingerprint density at radius 3 is 2.95 bits per heavy atom.